The normalized spacial score (nSPS) is 12.5. The highest BCUT2D eigenvalue weighted by Gasteiger charge is 2.17. The van der Waals surface area contributed by atoms with Gasteiger partial charge in [-0.1, -0.05) is 35.1 Å². The van der Waals surface area contributed by atoms with Gasteiger partial charge in [0.15, 0.2) is 5.13 Å². The highest BCUT2D eigenvalue weighted by atomic mass is 35.5. The molecule has 2 aromatic rings. The minimum absolute atomic E-state index is 0.0483. The molecule has 0 fully saturated rings. The van der Waals surface area contributed by atoms with Crippen LogP contribution in [0.4, 0.5) is 5.13 Å². The van der Waals surface area contributed by atoms with Crippen molar-refractivity contribution < 1.29 is 5.11 Å². The van der Waals surface area contributed by atoms with Gasteiger partial charge in [-0.3, -0.25) is 0 Å². The van der Waals surface area contributed by atoms with Crippen LogP contribution in [-0.2, 0) is 6.61 Å². The Morgan fingerprint density at radius 3 is 2.53 bits per heavy atom. The lowest BCUT2D eigenvalue weighted by Crippen LogP contribution is -2.21. The van der Waals surface area contributed by atoms with E-state index in [0.29, 0.717) is 0 Å². The lowest BCUT2D eigenvalue weighted by molar-refractivity contribution is 0.284. The Hall–Kier alpha value is -1.10. The van der Waals surface area contributed by atoms with Crippen LogP contribution < -0.4 is 4.90 Å². The molecule has 5 heteroatoms. The number of hydrogen-bond donors (Lipinski definition) is 1. The number of benzene rings is 1. The Bertz CT molecular complexity index is 553. The molecule has 0 aliphatic carbocycles. The van der Waals surface area contributed by atoms with Crippen LogP contribution in [0.3, 0.4) is 0 Å². The molecular weight excluding hydrogens is 280 g/mol. The molecule has 1 unspecified atom stereocenters. The maximum Gasteiger partial charge on any atom is 0.186 e. The van der Waals surface area contributed by atoms with Crippen molar-refractivity contribution in [3.05, 3.63) is 45.4 Å². The molecule has 1 N–H and O–H groups in total. The summed E-state index contributed by atoms with van der Waals surface area (Å²) in [6.45, 7) is 4.09. The smallest absolute Gasteiger partial charge is 0.186 e. The largest absolute Gasteiger partial charge is 0.391 e. The molecule has 0 radical (unpaired) electrons. The van der Waals surface area contributed by atoms with Gasteiger partial charge in [0.05, 0.1) is 23.2 Å². The Balaban J connectivity index is 2.22. The topological polar surface area (TPSA) is 36.4 Å². The summed E-state index contributed by atoms with van der Waals surface area (Å²) in [5.74, 6) is 0. The molecule has 3 nitrogen and oxygen atoms in total. The van der Waals surface area contributed by atoms with Gasteiger partial charge in [0.2, 0.25) is 0 Å². The van der Waals surface area contributed by atoms with E-state index in [-0.39, 0.29) is 12.6 Å². The van der Waals surface area contributed by atoms with Crippen LogP contribution >= 0.6 is 22.9 Å². The number of nitrogens with zero attached hydrogens (tertiary/aromatic N) is 2. The second-order valence-corrected chi connectivity index (χ2v) is 6.00. The highest BCUT2D eigenvalue weighted by molar-refractivity contribution is 7.15. The highest BCUT2D eigenvalue weighted by Crippen LogP contribution is 2.31. The van der Waals surface area contributed by atoms with Gasteiger partial charge in [-0.05, 0) is 31.5 Å². The van der Waals surface area contributed by atoms with Crippen molar-refractivity contribution >= 4 is 28.1 Å². The minimum atomic E-state index is 0.0483. The first-order valence-electron chi connectivity index (χ1n) is 6.08. The quantitative estimate of drug-likeness (QED) is 0.932. The van der Waals surface area contributed by atoms with Crippen LogP contribution in [0, 0.1) is 6.92 Å². The molecule has 102 valence electrons. The number of aromatic nitrogens is 1. The van der Waals surface area contributed by atoms with E-state index in [4.69, 9.17) is 11.6 Å². The number of aliphatic hydroxyl groups excluding tert-OH is 1. The van der Waals surface area contributed by atoms with Crippen LogP contribution in [0.5, 0.6) is 0 Å². The molecule has 0 spiro atoms. The van der Waals surface area contributed by atoms with Crippen LogP contribution in [0.25, 0.3) is 0 Å². The predicted molar refractivity (Wildman–Crippen MR) is 81.0 cm³/mol. The Labute approximate surface area is 122 Å². The molecule has 1 atom stereocenters. The van der Waals surface area contributed by atoms with E-state index in [1.165, 1.54) is 16.9 Å². The summed E-state index contributed by atoms with van der Waals surface area (Å²) < 4.78 is 0. The first kappa shape index (κ1) is 14.3. The Kier molecular flexibility index (Phi) is 4.45. The number of rotatable bonds is 4. The van der Waals surface area contributed by atoms with Gasteiger partial charge >= 0.3 is 0 Å². The standard InChI is InChI=1S/C14H17ClN2OS/c1-9-13(8-18)19-14(16-9)17(3)10(2)11-4-6-12(15)7-5-11/h4-7,10,18H,8H2,1-3H3. The third-order valence-corrected chi connectivity index (χ3v) is 4.74. The average molecular weight is 297 g/mol. The number of aliphatic hydroxyl groups is 1. The lowest BCUT2D eigenvalue weighted by Gasteiger charge is -2.24. The average Bonchev–Trinajstić information content (AvgIpc) is 2.79. The van der Waals surface area contributed by atoms with Crippen molar-refractivity contribution in [2.75, 3.05) is 11.9 Å². The number of aryl methyl sites for hydroxylation is 1. The number of thiazole rings is 1. The first-order valence-corrected chi connectivity index (χ1v) is 7.28. The summed E-state index contributed by atoms with van der Waals surface area (Å²) >= 11 is 7.44. The van der Waals surface area contributed by atoms with Crippen molar-refractivity contribution in [1.29, 1.82) is 0 Å². The zero-order valence-electron chi connectivity index (χ0n) is 11.2. The Morgan fingerprint density at radius 1 is 1.37 bits per heavy atom. The van der Waals surface area contributed by atoms with Crippen LogP contribution in [-0.4, -0.2) is 17.1 Å². The first-order chi connectivity index (χ1) is 9.02. The molecule has 1 aromatic heterocycles. The summed E-state index contributed by atoms with van der Waals surface area (Å²) in [7, 11) is 2.01. The molecule has 0 saturated carbocycles. The number of hydrogen-bond acceptors (Lipinski definition) is 4. The third-order valence-electron chi connectivity index (χ3n) is 3.26. The number of halogens is 1. The van der Waals surface area contributed by atoms with Gasteiger partial charge < -0.3 is 10.0 Å². The van der Waals surface area contributed by atoms with Crippen molar-refractivity contribution in [2.24, 2.45) is 0 Å². The van der Waals surface area contributed by atoms with Crippen molar-refractivity contribution in [3.8, 4) is 0 Å². The van der Waals surface area contributed by atoms with E-state index in [1.807, 2.05) is 38.2 Å². The van der Waals surface area contributed by atoms with Gasteiger partial charge in [-0.2, -0.15) is 0 Å². The fourth-order valence-corrected chi connectivity index (χ4v) is 2.93. The Morgan fingerprint density at radius 2 is 2.00 bits per heavy atom. The van der Waals surface area contributed by atoms with Crippen molar-refractivity contribution in [1.82, 2.24) is 4.98 Å². The second-order valence-electron chi connectivity index (χ2n) is 4.50. The van der Waals surface area contributed by atoms with Crippen LogP contribution in [0.15, 0.2) is 24.3 Å². The van der Waals surface area contributed by atoms with Crippen molar-refractivity contribution in [2.45, 2.75) is 26.5 Å². The summed E-state index contributed by atoms with van der Waals surface area (Å²) in [6.07, 6.45) is 0. The zero-order chi connectivity index (χ0) is 14.0. The second kappa shape index (κ2) is 5.90. The van der Waals surface area contributed by atoms with E-state index in [0.717, 1.165) is 20.7 Å². The molecule has 1 aromatic carbocycles. The zero-order valence-corrected chi connectivity index (χ0v) is 12.8. The molecule has 0 amide bonds. The number of anilines is 1. The molecular formula is C14H17ClN2OS. The summed E-state index contributed by atoms with van der Waals surface area (Å²) in [6, 6.07) is 8.05. The lowest BCUT2D eigenvalue weighted by atomic mass is 10.1. The fourth-order valence-electron chi connectivity index (χ4n) is 1.84. The molecule has 0 bridgehead atoms. The minimum Gasteiger partial charge on any atom is -0.391 e. The van der Waals surface area contributed by atoms with Crippen LogP contribution in [0.1, 0.15) is 29.1 Å². The SMILES string of the molecule is Cc1nc(N(C)C(C)c2ccc(Cl)cc2)sc1CO. The molecule has 19 heavy (non-hydrogen) atoms. The molecule has 0 saturated heterocycles. The van der Waals surface area contributed by atoms with E-state index in [1.54, 1.807) is 0 Å². The van der Waals surface area contributed by atoms with Gasteiger partial charge in [-0.25, -0.2) is 4.98 Å². The van der Waals surface area contributed by atoms with E-state index in [9.17, 15) is 5.11 Å². The summed E-state index contributed by atoms with van der Waals surface area (Å²) in [4.78, 5) is 7.54. The fraction of sp³-hybridized carbons (Fsp3) is 0.357. The molecule has 0 aliphatic heterocycles. The maximum atomic E-state index is 9.24. The van der Waals surface area contributed by atoms with E-state index < -0.39 is 0 Å². The molecule has 0 aliphatic rings. The maximum absolute atomic E-state index is 9.24. The summed E-state index contributed by atoms with van der Waals surface area (Å²) in [5.41, 5.74) is 2.09. The van der Waals surface area contributed by atoms with E-state index >= 15 is 0 Å². The van der Waals surface area contributed by atoms with Gasteiger partial charge in [0.1, 0.15) is 0 Å². The third kappa shape index (κ3) is 3.08. The van der Waals surface area contributed by atoms with Gasteiger partial charge in [0.25, 0.3) is 0 Å². The molecule has 2 rings (SSSR count). The van der Waals surface area contributed by atoms with Gasteiger partial charge in [-0.15, -0.1) is 0 Å². The van der Waals surface area contributed by atoms with Gasteiger partial charge in [0, 0.05) is 12.1 Å². The summed E-state index contributed by atoms with van der Waals surface area (Å²) in [5, 5.41) is 10.9. The van der Waals surface area contributed by atoms with Crippen LogP contribution in [0.2, 0.25) is 5.02 Å². The monoisotopic (exact) mass is 296 g/mol. The molecule has 1 heterocycles. The predicted octanol–water partition coefficient (Wildman–Crippen LogP) is 3.79. The van der Waals surface area contributed by atoms with Crippen molar-refractivity contribution in [3.63, 3.8) is 0 Å². The van der Waals surface area contributed by atoms with E-state index in [2.05, 4.69) is 16.8 Å².